The van der Waals surface area contributed by atoms with Crippen molar-refractivity contribution < 1.29 is 0 Å². The quantitative estimate of drug-likeness (QED) is 0.802. The summed E-state index contributed by atoms with van der Waals surface area (Å²) in [4.78, 5) is 4.45. The molecule has 0 spiro atoms. The molecule has 0 amide bonds. The highest BCUT2D eigenvalue weighted by Crippen LogP contribution is 2.34. The van der Waals surface area contributed by atoms with Crippen LogP contribution in [0.25, 0.3) is 0 Å². The van der Waals surface area contributed by atoms with Gasteiger partial charge in [0.25, 0.3) is 0 Å². The highest BCUT2D eigenvalue weighted by molar-refractivity contribution is 5.04. The molecule has 0 radical (unpaired) electrons. The molecule has 0 aliphatic heterocycles. The average molecular weight is 207 g/mol. The molecule has 84 valence electrons. The molecule has 3 heteroatoms. The smallest absolute Gasteiger partial charge is 0.0947 e. The lowest BCUT2D eigenvalue weighted by molar-refractivity contribution is 0.260. The Kier molecular flexibility index (Phi) is 3.41. The summed E-state index contributed by atoms with van der Waals surface area (Å²) in [5.41, 5.74) is 1.20. The number of aromatic nitrogens is 2. The molecule has 0 saturated heterocycles. The van der Waals surface area contributed by atoms with Crippen molar-refractivity contribution in [3.8, 4) is 0 Å². The first kappa shape index (κ1) is 10.7. The van der Waals surface area contributed by atoms with E-state index in [0.29, 0.717) is 6.04 Å². The van der Waals surface area contributed by atoms with Crippen LogP contribution < -0.4 is 5.32 Å². The van der Waals surface area contributed by atoms with E-state index in [1.165, 1.54) is 31.4 Å². The molecule has 1 heterocycles. The van der Waals surface area contributed by atoms with Gasteiger partial charge >= 0.3 is 0 Å². The second kappa shape index (κ2) is 4.79. The van der Waals surface area contributed by atoms with Gasteiger partial charge < -0.3 is 9.88 Å². The molecule has 1 unspecified atom stereocenters. The first-order valence-electron chi connectivity index (χ1n) is 6.01. The second-order valence-corrected chi connectivity index (χ2v) is 4.61. The fraction of sp³-hybridized carbons (Fsp3) is 0.750. The van der Waals surface area contributed by atoms with E-state index in [9.17, 15) is 0 Å². The summed E-state index contributed by atoms with van der Waals surface area (Å²) in [6.45, 7) is 3.19. The minimum absolute atomic E-state index is 0.460. The summed E-state index contributed by atoms with van der Waals surface area (Å²) in [5.74, 6) is 0.927. The Morgan fingerprint density at radius 3 is 2.87 bits per heavy atom. The van der Waals surface area contributed by atoms with Crippen LogP contribution in [0.5, 0.6) is 0 Å². The van der Waals surface area contributed by atoms with Crippen molar-refractivity contribution in [3.63, 3.8) is 0 Å². The molecule has 0 aromatic carbocycles. The van der Waals surface area contributed by atoms with Crippen molar-refractivity contribution >= 4 is 0 Å². The third kappa shape index (κ3) is 2.59. The zero-order valence-corrected chi connectivity index (χ0v) is 9.74. The minimum atomic E-state index is 0.460. The van der Waals surface area contributed by atoms with Crippen LogP contribution in [0, 0.1) is 5.92 Å². The van der Waals surface area contributed by atoms with Gasteiger partial charge in [0.05, 0.1) is 18.1 Å². The van der Waals surface area contributed by atoms with Gasteiger partial charge in [0.15, 0.2) is 0 Å². The van der Waals surface area contributed by atoms with E-state index < -0.39 is 0 Å². The Labute approximate surface area is 91.9 Å². The fourth-order valence-corrected chi connectivity index (χ4v) is 2.23. The van der Waals surface area contributed by atoms with E-state index >= 15 is 0 Å². The number of imidazole rings is 1. The highest BCUT2D eigenvalue weighted by Gasteiger charge is 2.23. The first-order valence-corrected chi connectivity index (χ1v) is 6.01. The van der Waals surface area contributed by atoms with Crippen molar-refractivity contribution in [3.05, 3.63) is 18.2 Å². The van der Waals surface area contributed by atoms with E-state index in [1.807, 2.05) is 17.9 Å². The van der Waals surface area contributed by atoms with Crippen molar-refractivity contribution in [2.45, 2.75) is 38.6 Å². The molecule has 1 N–H and O–H groups in total. The van der Waals surface area contributed by atoms with Gasteiger partial charge in [-0.2, -0.15) is 0 Å². The Balaban J connectivity index is 1.97. The lowest BCUT2D eigenvalue weighted by atomic mass is 9.80. The van der Waals surface area contributed by atoms with Gasteiger partial charge in [-0.1, -0.05) is 26.2 Å². The maximum absolute atomic E-state index is 4.45. The number of hydrogen-bond donors (Lipinski definition) is 1. The number of hydrogen-bond acceptors (Lipinski definition) is 2. The van der Waals surface area contributed by atoms with Gasteiger partial charge in [0, 0.05) is 13.2 Å². The Bertz CT molecular complexity index is 302. The monoisotopic (exact) mass is 207 g/mol. The molecular formula is C12H21N3. The number of nitrogens with one attached hydrogen (secondary N) is 1. The predicted molar refractivity (Wildman–Crippen MR) is 61.6 cm³/mol. The molecule has 1 atom stereocenters. The van der Waals surface area contributed by atoms with E-state index in [4.69, 9.17) is 0 Å². The molecule has 0 bridgehead atoms. The maximum atomic E-state index is 4.45. The molecule has 1 saturated carbocycles. The molecule has 1 aliphatic carbocycles. The molecular weight excluding hydrogens is 186 g/mol. The van der Waals surface area contributed by atoms with Crippen molar-refractivity contribution in [1.82, 2.24) is 14.9 Å². The molecule has 3 nitrogen and oxygen atoms in total. The molecule has 1 aromatic heterocycles. The molecule has 2 rings (SSSR count). The number of aryl methyl sites for hydroxylation is 1. The zero-order valence-electron chi connectivity index (χ0n) is 9.74. The molecule has 1 aliphatic rings. The van der Waals surface area contributed by atoms with Crippen molar-refractivity contribution in [1.29, 1.82) is 0 Å². The van der Waals surface area contributed by atoms with Crippen molar-refractivity contribution in [2.75, 3.05) is 6.54 Å². The van der Waals surface area contributed by atoms with Crippen LogP contribution in [0.15, 0.2) is 12.5 Å². The third-order valence-corrected chi connectivity index (χ3v) is 3.33. The maximum Gasteiger partial charge on any atom is 0.0947 e. The highest BCUT2D eigenvalue weighted by atomic mass is 15.0. The van der Waals surface area contributed by atoms with Crippen LogP contribution >= 0.6 is 0 Å². The zero-order chi connectivity index (χ0) is 10.7. The summed E-state index contributed by atoms with van der Waals surface area (Å²) < 4.78 is 2.03. The largest absolute Gasteiger partial charge is 0.340 e. The summed E-state index contributed by atoms with van der Waals surface area (Å²) in [7, 11) is 2.03. The lowest BCUT2D eigenvalue weighted by Crippen LogP contribution is -2.26. The van der Waals surface area contributed by atoms with E-state index in [2.05, 4.69) is 23.4 Å². The van der Waals surface area contributed by atoms with E-state index in [1.54, 1.807) is 0 Å². The van der Waals surface area contributed by atoms with E-state index in [-0.39, 0.29) is 0 Å². The van der Waals surface area contributed by atoms with Gasteiger partial charge in [0.2, 0.25) is 0 Å². The molecule has 15 heavy (non-hydrogen) atoms. The standard InChI is InChI=1S/C12H21N3/c1-3-13-11(7-10-5-4-6-10)12-8-15(2)9-14-12/h8-11,13H,3-7H2,1-2H3. The Morgan fingerprint density at radius 1 is 1.60 bits per heavy atom. The summed E-state index contributed by atoms with van der Waals surface area (Å²) in [6, 6.07) is 0.460. The van der Waals surface area contributed by atoms with Gasteiger partial charge in [0.1, 0.15) is 0 Å². The summed E-state index contributed by atoms with van der Waals surface area (Å²) >= 11 is 0. The van der Waals surface area contributed by atoms with Crippen molar-refractivity contribution in [2.24, 2.45) is 13.0 Å². The average Bonchev–Trinajstić information content (AvgIpc) is 2.56. The predicted octanol–water partition coefficient (Wildman–Crippen LogP) is 2.26. The topological polar surface area (TPSA) is 29.9 Å². The van der Waals surface area contributed by atoms with Crippen LogP contribution in [0.1, 0.15) is 44.3 Å². The SMILES string of the molecule is CCNC(CC1CCC1)c1cn(C)cn1. The van der Waals surface area contributed by atoms with Crippen LogP contribution in [-0.4, -0.2) is 16.1 Å². The fourth-order valence-electron chi connectivity index (χ4n) is 2.23. The number of nitrogens with zero attached hydrogens (tertiary/aromatic N) is 2. The van der Waals surface area contributed by atoms with Crippen LogP contribution in [-0.2, 0) is 7.05 Å². The summed E-state index contributed by atoms with van der Waals surface area (Å²) in [5, 5.41) is 3.54. The minimum Gasteiger partial charge on any atom is -0.340 e. The summed E-state index contributed by atoms with van der Waals surface area (Å²) in [6.07, 6.45) is 9.52. The Hall–Kier alpha value is -0.830. The Morgan fingerprint density at radius 2 is 2.40 bits per heavy atom. The van der Waals surface area contributed by atoms with Crippen LogP contribution in [0.3, 0.4) is 0 Å². The van der Waals surface area contributed by atoms with Gasteiger partial charge in [-0.25, -0.2) is 4.98 Å². The number of rotatable bonds is 5. The van der Waals surface area contributed by atoms with Gasteiger partial charge in [-0.3, -0.25) is 0 Å². The molecule has 1 aromatic rings. The lowest BCUT2D eigenvalue weighted by Gasteiger charge is -2.29. The second-order valence-electron chi connectivity index (χ2n) is 4.61. The molecule has 1 fully saturated rings. The van der Waals surface area contributed by atoms with Crippen LogP contribution in [0.4, 0.5) is 0 Å². The van der Waals surface area contributed by atoms with Crippen LogP contribution in [0.2, 0.25) is 0 Å². The van der Waals surface area contributed by atoms with Gasteiger partial charge in [-0.15, -0.1) is 0 Å². The first-order chi connectivity index (χ1) is 7.29. The third-order valence-electron chi connectivity index (χ3n) is 3.33. The van der Waals surface area contributed by atoms with E-state index in [0.717, 1.165) is 12.5 Å². The normalized spacial score (nSPS) is 18.8. The van der Waals surface area contributed by atoms with Gasteiger partial charge in [-0.05, 0) is 18.9 Å².